The molecule has 182 valence electrons. The summed E-state index contributed by atoms with van der Waals surface area (Å²) in [5.74, 6) is 0.501. The molecule has 0 spiro atoms. The Hall–Kier alpha value is -3.65. The third-order valence-corrected chi connectivity index (χ3v) is 6.98. The fourth-order valence-corrected chi connectivity index (χ4v) is 5.07. The second-order valence-electron chi connectivity index (χ2n) is 9.35. The van der Waals surface area contributed by atoms with E-state index in [1.54, 1.807) is 7.11 Å². The molecule has 1 aliphatic carbocycles. The lowest BCUT2D eigenvalue weighted by atomic mass is 9.89. The summed E-state index contributed by atoms with van der Waals surface area (Å²) in [5, 5.41) is 0.699. The molecular weight excluding hydrogens is 442 g/mol. The number of nitrogens with one attached hydrogen (secondary N) is 2. The molecule has 5 rings (SSSR count). The molecule has 35 heavy (non-hydrogen) atoms. The number of nitrogen functional groups attached to an aromatic ring is 1. The number of nitrogens with zero attached hydrogens (tertiary/aromatic N) is 2. The molecule has 1 fully saturated rings. The topological polar surface area (TPSA) is 117 Å². The lowest BCUT2D eigenvalue weighted by molar-refractivity contribution is 0.0646. The number of anilines is 1. The van der Waals surface area contributed by atoms with Gasteiger partial charge in [0.2, 0.25) is 0 Å². The maximum Gasteiger partial charge on any atom is 0.276 e. The van der Waals surface area contributed by atoms with Gasteiger partial charge in [-0.05, 0) is 49.1 Å². The van der Waals surface area contributed by atoms with Gasteiger partial charge in [0.05, 0.1) is 29.0 Å². The van der Waals surface area contributed by atoms with Crippen LogP contribution in [0.2, 0.25) is 0 Å². The number of para-hydroxylation sites is 2. The zero-order valence-corrected chi connectivity index (χ0v) is 20.0. The number of fused-ring (bicyclic) bond motifs is 2. The second kappa shape index (κ2) is 9.92. The lowest BCUT2D eigenvalue weighted by Crippen LogP contribution is -2.38. The summed E-state index contributed by atoms with van der Waals surface area (Å²) < 4.78 is 5.27. The van der Waals surface area contributed by atoms with E-state index in [0.29, 0.717) is 52.4 Å². The van der Waals surface area contributed by atoms with Crippen molar-refractivity contribution < 1.29 is 9.53 Å². The summed E-state index contributed by atoms with van der Waals surface area (Å²) in [6.45, 7) is 1.78. The molecule has 4 N–H and O–H groups in total. The van der Waals surface area contributed by atoms with Crippen molar-refractivity contribution in [3.05, 3.63) is 58.4 Å². The Morgan fingerprint density at radius 1 is 1.11 bits per heavy atom. The second-order valence-corrected chi connectivity index (χ2v) is 9.35. The molecule has 1 aliphatic rings. The van der Waals surface area contributed by atoms with Crippen LogP contribution in [0.5, 0.6) is 0 Å². The number of methoxy groups -OCH3 is 1. The molecule has 2 aromatic heterocycles. The van der Waals surface area contributed by atoms with Gasteiger partial charge < -0.3 is 25.3 Å². The van der Waals surface area contributed by atoms with Crippen LogP contribution in [-0.2, 0) is 4.74 Å². The van der Waals surface area contributed by atoms with E-state index in [9.17, 15) is 9.59 Å². The van der Waals surface area contributed by atoms with Gasteiger partial charge in [-0.25, -0.2) is 4.98 Å². The first-order valence-electron chi connectivity index (χ1n) is 12.2. The molecule has 0 unspecified atom stereocenters. The van der Waals surface area contributed by atoms with Gasteiger partial charge in [0.1, 0.15) is 0 Å². The molecule has 0 saturated heterocycles. The van der Waals surface area contributed by atoms with Crippen LogP contribution < -0.4 is 11.3 Å². The maximum atomic E-state index is 13.5. The molecule has 0 radical (unpaired) electrons. The number of amides is 1. The van der Waals surface area contributed by atoms with E-state index in [-0.39, 0.29) is 17.2 Å². The SMILES string of the molecule is COCCN(CC1CCCCC1)C(=O)c1ccc2[nH]c(-c3nc4ccccc4[nH]c3=O)c(N)c2c1. The highest BCUT2D eigenvalue weighted by atomic mass is 16.5. The molecule has 0 bridgehead atoms. The fourth-order valence-electron chi connectivity index (χ4n) is 5.07. The summed E-state index contributed by atoms with van der Waals surface area (Å²) >= 11 is 0. The van der Waals surface area contributed by atoms with Crippen molar-refractivity contribution in [3.63, 3.8) is 0 Å². The largest absolute Gasteiger partial charge is 0.396 e. The summed E-state index contributed by atoms with van der Waals surface area (Å²) in [6.07, 6.45) is 6.07. The van der Waals surface area contributed by atoms with Crippen molar-refractivity contribution >= 4 is 33.5 Å². The van der Waals surface area contributed by atoms with Crippen LogP contribution >= 0.6 is 0 Å². The molecule has 0 atom stereocenters. The highest BCUT2D eigenvalue weighted by Crippen LogP contribution is 2.32. The zero-order valence-electron chi connectivity index (χ0n) is 20.0. The van der Waals surface area contributed by atoms with Crippen molar-refractivity contribution in [1.82, 2.24) is 19.9 Å². The first-order chi connectivity index (χ1) is 17.0. The van der Waals surface area contributed by atoms with E-state index in [1.807, 2.05) is 47.4 Å². The minimum absolute atomic E-state index is 0.0293. The predicted molar refractivity (Wildman–Crippen MR) is 138 cm³/mol. The monoisotopic (exact) mass is 473 g/mol. The van der Waals surface area contributed by atoms with E-state index in [0.717, 1.165) is 24.9 Å². The number of carbonyl (C=O) groups is 1. The van der Waals surface area contributed by atoms with Gasteiger partial charge in [0, 0.05) is 36.7 Å². The average Bonchev–Trinajstić information content (AvgIpc) is 3.21. The third kappa shape index (κ3) is 4.66. The zero-order chi connectivity index (χ0) is 24.4. The molecule has 1 amide bonds. The van der Waals surface area contributed by atoms with Gasteiger partial charge in [-0.15, -0.1) is 0 Å². The standard InChI is InChI=1S/C27H31N5O3/c1-35-14-13-32(16-17-7-3-2-4-8-17)27(34)18-11-12-20-19(15-18)23(28)24(29-20)25-26(33)31-22-10-6-5-9-21(22)30-25/h5-6,9-12,15,17,29H,2-4,7-8,13-14,16,28H2,1H3,(H,31,33). The Kier molecular flexibility index (Phi) is 6.55. The van der Waals surface area contributed by atoms with Gasteiger partial charge >= 0.3 is 0 Å². The van der Waals surface area contributed by atoms with Crippen molar-refractivity contribution in [2.45, 2.75) is 32.1 Å². The highest BCUT2D eigenvalue weighted by Gasteiger charge is 2.23. The van der Waals surface area contributed by atoms with Gasteiger partial charge in [0.25, 0.3) is 11.5 Å². The van der Waals surface area contributed by atoms with Crippen molar-refractivity contribution in [2.24, 2.45) is 5.92 Å². The van der Waals surface area contributed by atoms with E-state index in [1.165, 1.54) is 19.3 Å². The average molecular weight is 474 g/mol. The number of carbonyl (C=O) groups excluding carboxylic acids is 1. The Morgan fingerprint density at radius 3 is 2.71 bits per heavy atom. The van der Waals surface area contributed by atoms with Crippen LogP contribution in [-0.4, -0.2) is 52.6 Å². The number of ether oxygens (including phenoxy) is 1. The van der Waals surface area contributed by atoms with Crippen molar-refractivity contribution in [1.29, 1.82) is 0 Å². The molecule has 8 heteroatoms. The smallest absolute Gasteiger partial charge is 0.276 e. The van der Waals surface area contributed by atoms with Gasteiger partial charge in [-0.2, -0.15) is 0 Å². The molecule has 4 aromatic rings. The number of hydrogen-bond acceptors (Lipinski definition) is 5. The maximum absolute atomic E-state index is 13.5. The van der Waals surface area contributed by atoms with Gasteiger partial charge in [0.15, 0.2) is 5.69 Å². The lowest BCUT2D eigenvalue weighted by Gasteiger charge is -2.30. The molecular formula is C27H31N5O3. The van der Waals surface area contributed by atoms with Crippen molar-refractivity contribution in [2.75, 3.05) is 32.5 Å². The molecule has 0 aliphatic heterocycles. The fraction of sp³-hybridized carbons (Fsp3) is 0.370. The first-order valence-corrected chi connectivity index (χ1v) is 12.2. The predicted octanol–water partition coefficient (Wildman–Crippen LogP) is 4.32. The van der Waals surface area contributed by atoms with Crippen LogP contribution in [0.15, 0.2) is 47.3 Å². The van der Waals surface area contributed by atoms with Crippen LogP contribution in [0.3, 0.4) is 0 Å². The van der Waals surface area contributed by atoms with Gasteiger partial charge in [-0.3, -0.25) is 9.59 Å². The minimum Gasteiger partial charge on any atom is -0.396 e. The van der Waals surface area contributed by atoms with Crippen LogP contribution in [0.1, 0.15) is 42.5 Å². The highest BCUT2D eigenvalue weighted by molar-refractivity contribution is 6.04. The summed E-state index contributed by atoms with van der Waals surface area (Å²) in [4.78, 5) is 38.8. The summed E-state index contributed by atoms with van der Waals surface area (Å²) in [5.41, 5.74) is 9.91. The minimum atomic E-state index is -0.323. The Balaban J connectivity index is 1.48. The van der Waals surface area contributed by atoms with E-state index < -0.39 is 0 Å². The number of rotatable bonds is 7. The molecule has 2 heterocycles. The number of benzene rings is 2. The Labute approximate surface area is 203 Å². The molecule has 2 aromatic carbocycles. The van der Waals surface area contributed by atoms with Crippen LogP contribution in [0.25, 0.3) is 33.3 Å². The third-order valence-electron chi connectivity index (χ3n) is 6.98. The Bertz CT molecular complexity index is 1420. The normalized spacial score (nSPS) is 14.5. The van der Waals surface area contributed by atoms with Crippen molar-refractivity contribution in [3.8, 4) is 11.4 Å². The van der Waals surface area contributed by atoms with E-state index >= 15 is 0 Å². The summed E-state index contributed by atoms with van der Waals surface area (Å²) in [6, 6.07) is 12.8. The number of nitrogens with two attached hydrogens (primary N) is 1. The number of H-pyrrole nitrogens is 2. The van der Waals surface area contributed by atoms with Crippen LogP contribution in [0, 0.1) is 5.92 Å². The van der Waals surface area contributed by atoms with E-state index in [4.69, 9.17) is 10.5 Å². The van der Waals surface area contributed by atoms with Crippen LogP contribution in [0.4, 0.5) is 5.69 Å². The van der Waals surface area contributed by atoms with E-state index in [2.05, 4.69) is 15.0 Å². The van der Waals surface area contributed by atoms with Gasteiger partial charge in [-0.1, -0.05) is 31.4 Å². The number of hydrogen-bond donors (Lipinski definition) is 3. The quantitative estimate of drug-likeness (QED) is 0.369. The Morgan fingerprint density at radius 2 is 1.91 bits per heavy atom. The molecule has 8 nitrogen and oxygen atoms in total. The number of aromatic nitrogens is 3. The molecule has 1 saturated carbocycles. The summed E-state index contributed by atoms with van der Waals surface area (Å²) in [7, 11) is 1.65. The first kappa shape index (κ1) is 23.1. The number of aromatic amines is 2.